The fraction of sp³-hybridized carbons (Fsp3) is 0.188. The lowest BCUT2D eigenvalue weighted by molar-refractivity contribution is 0.104. The van der Waals surface area contributed by atoms with Crippen molar-refractivity contribution in [2.45, 2.75) is 18.2 Å². The van der Waals surface area contributed by atoms with Crippen LogP contribution in [0, 0.1) is 0 Å². The molecule has 3 N–H and O–H groups in total. The molecule has 2 aromatic carbocycles. The normalized spacial score (nSPS) is 12.1. The highest BCUT2D eigenvalue weighted by Gasteiger charge is 2.27. The Morgan fingerprint density at radius 1 is 1.08 bits per heavy atom. The number of sulfone groups is 1. The van der Waals surface area contributed by atoms with E-state index in [1.165, 1.54) is 24.3 Å². The lowest BCUT2D eigenvalue weighted by Gasteiger charge is -2.09. The predicted octanol–water partition coefficient (Wildman–Crippen LogP) is 2.09. The van der Waals surface area contributed by atoms with Gasteiger partial charge in [0, 0.05) is 12.0 Å². The van der Waals surface area contributed by atoms with Crippen LogP contribution in [-0.4, -0.2) is 34.6 Å². The summed E-state index contributed by atoms with van der Waals surface area (Å²) >= 11 is 0. The molecule has 0 unspecified atom stereocenters. The van der Waals surface area contributed by atoms with Crippen LogP contribution in [0.3, 0.4) is 0 Å². The number of hydrogen-bond acceptors (Lipinski definition) is 5. The van der Waals surface area contributed by atoms with Gasteiger partial charge in [0.15, 0.2) is 9.84 Å². The van der Waals surface area contributed by atoms with Gasteiger partial charge < -0.3 is 14.9 Å². The van der Waals surface area contributed by atoms with E-state index in [2.05, 4.69) is 0 Å². The highest BCUT2D eigenvalue weighted by atomic mass is 32.2. The van der Waals surface area contributed by atoms with Crippen molar-refractivity contribution in [3.05, 3.63) is 59.2 Å². The maximum absolute atomic E-state index is 11.8. The minimum atomic E-state index is -4.91. The zero-order valence-corrected chi connectivity index (χ0v) is 15.0. The van der Waals surface area contributed by atoms with Gasteiger partial charge in [0.25, 0.3) is 5.52 Å². The number of carbonyl (C=O) groups excluding carboxylic acids is 1. The number of aromatic hydroxyl groups is 1. The highest BCUT2D eigenvalue weighted by Crippen LogP contribution is 2.39. The Labute approximate surface area is 145 Å². The van der Waals surface area contributed by atoms with Gasteiger partial charge in [-0.2, -0.15) is 0 Å². The van der Waals surface area contributed by atoms with Crippen molar-refractivity contribution in [2.75, 3.05) is 5.75 Å². The molecule has 0 atom stereocenters. The molecule has 7 nitrogen and oxygen atoms in total. The zero-order chi connectivity index (χ0) is 18.8. The molecule has 2 aromatic rings. The van der Waals surface area contributed by atoms with E-state index < -0.39 is 23.0 Å². The Bertz CT molecular complexity index is 943. The third kappa shape index (κ3) is 4.55. The smallest absolute Gasteiger partial charge is 0.396 e. The van der Waals surface area contributed by atoms with Crippen LogP contribution in [-0.2, 0) is 20.8 Å². The first kappa shape index (κ1) is 19.3. The fourth-order valence-corrected chi connectivity index (χ4v) is 3.59. The summed E-state index contributed by atoms with van der Waals surface area (Å²) in [6, 6.07) is 9.61. The summed E-state index contributed by atoms with van der Waals surface area (Å²) in [7, 11) is -8.22. The van der Waals surface area contributed by atoms with Crippen molar-refractivity contribution in [2.24, 2.45) is 0 Å². The number of benzene rings is 2. The van der Waals surface area contributed by atoms with E-state index in [1.54, 1.807) is 19.1 Å². The van der Waals surface area contributed by atoms with Gasteiger partial charge in [0.2, 0.25) is 0 Å². The van der Waals surface area contributed by atoms with Crippen molar-refractivity contribution < 1.29 is 32.7 Å². The monoisotopic (exact) mass is 384 g/mol. The average Bonchev–Trinajstić information content (AvgIpc) is 2.56. The molecule has 0 aliphatic rings. The molecule has 0 heterocycles. The molecule has 0 aromatic heterocycles. The van der Waals surface area contributed by atoms with E-state index in [1.807, 2.05) is 0 Å². The molecule has 134 valence electrons. The lowest BCUT2D eigenvalue weighted by atomic mass is 10.0. The van der Waals surface area contributed by atoms with Crippen LogP contribution in [0.5, 0.6) is 5.75 Å². The number of rotatable bonds is 6. The first-order valence-corrected chi connectivity index (χ1v) is 10.5. The quantitative estimate of drug-likeness (QED) is 0.650. The Morgan fingerprint density at radius 2 is 1.68 bits per heavy atom. The van der Waals surface area contributed by atoms with Crippen molar-refractivity contribution >= 4 is 23.0 Å². The standard InChI is InChI=1S/C16H17O7PS/c1-2-25(22,23)14-6-3-11(4-7-14)9-13-10-12(5-8-15(13)17)16(18)24(19,20)21/h3-8,10,17H,2,9H2,1H3,(H2,19,20,21). The average molecular weight is 384 g/mol. The molecule has 0 saturated heterocycles. The van der Waals surface area contributed by atoms with Crippen molar-refractivity contribution in [3.8, 4) is 5.75 Å². The van der Waals surface area contributed by atoms with Crippen molar-refractivity contribution in [1.29, 1.82) is 0 Å². The number of phenolic OH excluding ortho intramolecular Hbond substituents is 1. The molecule has 0 radical (unpaired) electrons. The second-order valence-electron chi connectivity index (χ2n) is 5.42. The molecule has 0 saturated carbocycles. The summed E-state index contributed by atoms with van der Waals surface area (Å²) in [5.74, 6) is -0.146. The van der Waals surface area contributed by atoms with Gasteiger partial charge in [-0.15, -0.1) is 0 Å². The largest absolute Gasteiger partial charge is 0.508 e. The molecular weight excluding hydrogens is 367 g/mol. The second kappa shape index (κ2) is 7.09. The molecule has 25 heavy (non-hydrogen) atoms. The third-order valence-corrected chi connectivity index (χ3v) is 6.19. The van der Waals surface area contributed by atoms with Gasteiger partial charge in [-0.1, -0.05) is 19.1 Å². The van der Waals surface area contributed by atoms with Gasteiger partial charge in [-0.25, -0.2) is 8.42 Å². The van der Waals surface area contributed by atoms with Crippen LogP contribution in [0.25, 0.3) is 0 Å². The zero-order valence-electron chi connectivity index (χ0n) is 13.3. The topological polar surface area (TPSA) is 129 Å². The van der Waals surface area contributed by atoms with E-state index in [0.717, 1.165) is 6.07 Å². The molecule has 0 aliphatic carbocycles. The second-order valence-corrected chi connectivity index (χ2v) is 9.19. The van der Waals surface area contributed by atoms with E-state index >= 15 is 0 Å². The molecule has 0 fully saturated rings. The van der Waals surface area contributed by atoms with Gasteiger partial charge in [-0.3, -0.25) is 9.36 Å². The minimum absolute atomic E-state index is 0.0142. The van der Waals surface area contributed by atoms with E-state index in [-0.39, 0.29) is 28.4 Å². The van der Waals surface area contributed by atoms with Gasteiger partial charge >= 0.3 is 7.60 Å². The fourth-order valence-electron chi connectivity index (χ4n) is 2.23. The van der Waals surface area contributed by atoms with Crippen LogP contribution in [0.1, 0.15) is 28.4 Å². The molecule has 0 amide bonds. The summed E-state index contributed by atoms with van der Waals surface area (Å²) in [6.07, 6.45) is 0.167. The third-order valence-electron chi connectivity index (χ3n) is 3.65. The Balaban J connectivity index is 2.31. The Hall–Kier alpha value is -1.99. The molecular formula is C16H17O7PS. The SMILES string of the molecule is CCS(=O)(=O)c1ccc(Cc2cc(C(=O)P(=O)(O)O)ccc2O)cc1. The summed E-state index contributed by atoms with van der Waals surface area (Å²) in [4.78, 5) is 29.8. The number of phenols is 1. The number of hydrogen-bond donors (Lipinski definition) is 3. The summed E-state index contributed by atoms with van der Waals surface area (Å²) < 4.78 is 34.6. The van der Waals surface area contributed by atoms with Crippen LogP contribution in [0.4, 0.5) is 0 Å². The first-order valence-electron chi connectivity index (χ1n) is 7.28. The summed E-state index contributed by atoms with van der Waals surface area (Å²) in [6.45, 7) is 1.55. The van der Waals surface area contributed by atoms with Crippen molar-refractivity contribution in [1.82, 2.24) is 0 Å². The van der Waals surface area contributed by atoms with Gasteiger partial charge in [-0.05, 0) is 41.5 Å². The molecule has 0 spiro atoms. The molecule has 0 bridgehead atoms. The number of carbonyl (C=O) groups is 1. The minimum Gasteiger partial charge on any atom is -0.508 e. The van der Waals surface area contributed by atoms with E-state index in [0.29, 0.717) is 11.1 Å². The van der Waals surface area contributed by atoms with Crippen LogP contribution >= 0.6 is 7.60 Å². The Kier molecular flexibility index (Phi) is 5.49. The van der Waals surface area contributed by atoms with Gasteiger partial charge in [0.1, 0.15) is 5.75 Å². The Morgan fingerprint density at radius 3 is 2.20 bits per heavy atom. The highest BCUT2D eigenvalue weighted by molar-refractivity contribution is 7.91. The predicted molar refractivity (Wildman–Crippen MR) is 91.5 cm³/mol. The molecule has 9 heteroatoms. The summed E-state index contributed by atoms with van der Waals surface area (Å²) in [5.41, 5.74) is -0.555. The maximum atomic E-state index is 11.8. The lowest BCUT2D eigenvalue weighted by Crippen LogP contribution is -2.04. The van der Waals surface area contributed by atoms with E-state index in [9.17, 15) is 22.9 Å². The molecule has 2 rings (SSSR count). The first-order chi connectivity index (χ1) is 11.5. The molecule has 0 aliphatic heterocycles. The van der Waals surface area contributed by atoms with Crippen LogP contribution < -0.4 is 0 Å². The van der Waals surface area contributed by atoms with E-state index in [4.69, 9.17) is 9.79 Å². The maximum Gasteiger partial charge on any atom is 0.396 e. The summed E-state index contributed by atoms with van der Waals surface area (Å²) in [5, 5.41) is 9.90. The van der Waals surface area contributed by atoms with Crippen LogP contribution in [0.2, 0.25) is 0 Å². The van der Waals surface area contributed by atoms with Crippen LogP contribution in [0.15, 0.2) is 47.4 Å². The van der Waals surface area contributed by atoms with Crippen molar-refractivity contribution in [3.63, 3.8) is 0 Å². The van der Waals surface area contributed by atoms with Gasteiger partial charge in [0.05, 0.1) is 10.6 Å².